The topological polar surface area (TPSA) is 155 Å². The minimum atomic E-state index is -0.860. The predicted molar refractivity (Wildman–Crippen MR) is 149 cm³/mol. The van der Waals surface area contributed by atoms with E-state index in [0.717, 1.165) is 16.3 Å². The number of amides is 3. The van der Waals surface area contributed by atoms with Crippen LogP contribution in [0.4, 0.5) is 10.1 Å². The molecule has 12 nitrogen and oxygen atoms in total. The van der Waals surface area contributed by atoms with Gasteiger partial charge >= 0.3 is 5.97 Å². The monoisotopic (exact) mass is 578 g/mol. The Morgan fingerprint density at radius 3 is 2.62 bits per heavy atom. The molecule has 1 aliphatic carbocycles. The van der Waals surface area contributed by atoms with Crippen LogP contribution in [0.15, 0.2) is 42.1 Å². The summed E-state index contributed by atoms with van der Waals surface area (Å²) in [7, 11) is 0. The van der Waals surface area contributed by atoms with Crippen LogP contribution in [0.5, 0.6) is 5.75 Å². The number of anilines is 1. The number of hydrogen-bond acceptors (Lipinski definition) is 7. The van der Waals surface area contributed by atoms with E-state index in [1.807, 2.05) is 19.9 Å². The standard InChI is InChI=1S/C29H31FN6O6/c1-16(2)35-21-10-18(4-5-23(21)42-15-24(35)37)13-31-26(38)20-11-22(36-25(34-20)19(30)14-33-36)27(39)32-12-17-6-8-29(3,9-7-17)28(40)41/h4-6,10-11,14,16H,7-9,12-13,15H2,1-3H3,(H,31,38)(H,32,39)(H,40,41). The lowest BCUT2D eigenvalue weighted by molar-refractivity contribution is -0.148. The lowest BCUT2D eigenvalue weighted by atomic mass is 9.76. The normalized spacial score (nSPS) is 18.4. The number of fused-ring (bicyclic) bond motifs is 2. The van der Waals surface area contributed by atoms with Gasteiger partial charge in [-0.05, 0) is 57.7 Å². The Bertz CT molecular complexity index is 1630. The molecule has 1 aromatic carbocycles. The van der Waals surface area contributed by atoms with E-state index in [1.54, 1.807) is 30.0 Å². The number of carbonyl (C=O) groups excluding carboxylic acids is 3. The van der Waals surface area contributed by atoms with Crippen molar-refractivity contribution in [1.29, 1.82) is 0 Å². The van der Waals surface area contributed by atoms with Crippen molar-refractivity contribution in [2.45, 2.75) is 52.6 Å². The number of rotatable bonds is 8. The highest BCUT2D eigenvalue weighted by Gasteiger charge is 2.34. The van der Waals surface area contributed by atoms with Gasteiger partial charge in [0.25, 0.3) is 17.7 Å². The number of nitrogens with one attached hydrogen (secondary N) is 2. The molecule has 1 unspecified atom stereocenters. The Hall–Kier alpha value is -4.81. The minimum Gasteiger partial charge on any atom is -0.482 e. The van der Waals surface area contributed by atoms with Crippen LogP contribution in [0.1, 0.15) is 66.6 Å². The number of carboxylic acid groups (broad SMARTS) is 1. The van der Waals surface area contributed by atoms with Gasteiger partial charge in [-0.3, -0.25) is 19.2 Å². The van der Waals surface area contributed by atoms with Gasteiger partial charge in [-0.2, -0.15) is 5.10 Å². The summed E-state index contributed by atoms with van der Waals surface area (Å²) in [5.41, 5.74) is 0.801. The molecule has 3 heterocycles. The average Bonchev–Trinajstić information content (AvgIpc) is 3.34. The molecule has 1 atom stereocenters. The lowest BCUT2D eigenvalue weighted by Gasteiger charge is -2.32. The van der Waals surface area contributed by atoms with Gasteiger partial charge < -0.3 is 25.4 Å². The second-order valence-electron chi connectivity index (χ2n) is 11.0. The molecule has 5 rings (SSSR count). The first kappa shape index (κ1) is 28.7. The summed E-state index contributed by atoms with van der Waals surface area (Å²) >= 11 is 0. The fraction of sp³-hybridized carbons (Fsp3) is 0.379. The van der Waals surface area contributed by atoms with Crippen molar-refractivity contribution in [2.24, 2.45) is 5.41 Å². The van der Waals surface area contributed by atoms with Crippen molar-refractivity contribution in [3.05, 3.63) is 64.9 Å². The molecule has 3 aromatic rings. The molecule has 0 spiro atoms. The second-order valence-corrected chi connectivity index (χ2v) is 11.0. The third-order valence-corrected chi connectivity index (χ3v) is 7.60. The van der Waals surface area contributed by atoms with Crippen molar-refractivity contribution in [3.8, 4) is 5.75 Å². The summed E-state index contributed by atoms with van der Waals surface area (Å²) < 4.78 is 21.0. The molecule has 0 saturated heterocycles. The number of halogens is 1. The molecule has 3 N–H and O–H groups in total. The molecule has 42 heavy (non-hydrogen) atoms. The first-order valence-corrected chi connectivity index (χ1v) is 13.6. The highest BCUT2D eigenvalue weighted by atomic mass is 19.1. The largest absolute Gasteiger partial charge is 0.482 e. The Kier molecular flexibility index (Phi) is 7.67. The van der Waals surface area contributed by atoms with Crippen LogP contribution in [0, 0.1) is 11.2 Å². The predicted octanol–water partition coefficient (Wildman–Crippen LogP) is 2.86. The summed E-state index contributed by atoms with van der Waals surface area (Å²) in [6.07, 6.45) is 4.03. The number of carbonyl (C=O) groups is 4. The van der Waals surface area contributed by atoms with Crippen molar-refractivity contribution in [2.75, 3.05) is 18.1 Å². The zero-order valence-electron chi connectivity index (χ0n) is 23.4. The second kappa shape index (κ2) is 11.2. The van der Waals surface area contributed by atoms with Gasteiger partial charge in [0, 0.05) is 25.2 Å². The number of allylic oxidation sites excluding steroid dienone is 1. The van der Waals surface area contributed by atoms with E-state index in [4.69, 9.17) is 4.74 Å². The Morgan fingerprint density at radius 1 is 1.17 bits per heavy atom. The van der Waals surface area contributed by atoms with Gasteiger partial charge in [0.05, 0.1) is 17.3 Å². The molecular weight excluding hydrogens is 547 g/mol. The maximum Gasteiger partial charge on any atom is 0.309 e. The van der Waals surface area contributed by atoms with E-state index in [1.165, 1.54) is 6.07 Å². The molecule has 1 aliphatic heterocycles. The summed E-state index contributed by atoms with van der Waals surface area (Å²) in [4.78, 5) is 55.8. The molecule has 0 radical (unpaired) electrons. The Morgan fingerprint density at radius 2 is 1.93 bits per heavy atom. The third kappa shape index (κ3) is 5.54. The Labute approximate surface area is 240 Å². The number of aromatic nitrogens is 3. The summed E-state index contributed by atoms with van der Waals surface area (Å²) in [5, 5.41) is 18.8. The van der Waals surface area contributed by atoms with Crippen molar-refractivity contribution in [3.63, 3.8) is 0 Å². The molecule has 2 aliphatic rings. The maximum atomic E-state index is 14.5. The highest BCUT2D eigenvalue weighted by molar-refractivity contribution is 5.99. The van der Waals surface area contributed by atoms with Crippen LogP contribution in [-0.2, 0) is 16.1 Å². The first-order chi connectivity index (χ1) is 20.0. The van der Waals surface area contributed by atoms with Gasteiger partial charge in [-0.15, -0.1) is 0 Å². The molecule has 0 fully saturated rings. The molecule has 220 valence electrons. The van der Waals surface area contributed by atoms with Crippen LogP contribution in [0.2, 0.25) is 0 Å². The summed E-state index contributed by atoms with van der Waals surface area (Å²) in [6, 6.07) is 6.41. The van der Waals surface area contributed by atoms with Crippen LogP contribution >= 0.6 is 0 Å². The van der Waals surface area contributed by atoms with E-state index in [2.05, 4.69) is 20.7 Å². The van der Waals surface area contributed by atoms with E-state index in [-0.39, 0.29) is 48.7 Å². The van der Waals surface area contributed by atoms with Gasteiger partial charge in [-0.1, -0.05) is 17.7 Å². The molecule has 0 saturated carbocycles. The SMILES string of the molecule is CC(C)N1C(=O)COc2ccc(CNC(=O)c3cc(C(=O)NCC4=CCC(C)(C(=O)O)CC4)n4ncc(F)c4n3)cc21. The minimum absolute atomic E-state index is 0.0434. The number of ether oxygens (including phenoxy) is 1. The van der Waals surface area contributed by atoms with Crippen molar-refractivity contribution in [1.82, 2.24) is 25.2 Å². The number of carboxylic acids is 1. The fourth-order valence-electron chi connectivity index (χ4n) is 5.03. The smallest absolute Gasteiger partial charge is 0.309 e. The van der Waals surface area contributed by atoms with E-state index in [0.29, 0.717) is 36.3 Å². The number of aliphatic carboxylic acids is 1. The van der Waals surface area contributed by atoms with E-state index >= 15 is 0 Å². The number of nitrogens with zero attached hydrogens (tertiary/aromatic N) is 4. The number of hydrogen-bond donors (Lipinski definition) is 3. The molecular formula is C29H31FN6O6. The highest BCUT2D eigenvalue weighted by Crippen LogP contribution is 2.35. The van der Waals surface area contributed by atoms with Crippen molar-refractivity contribution >= 4 is 35.0 Å². The zero-order chi connectivity index (χ0) is 30.2. The molecule has 0 bridgehead atoms. The van der Waals surface area contributed by atoms with E-state index < -0.39 is 29.0 Å². The molecule has 13 heteroatoms. The lowest BCUT2D eigenvalue weighted by Crippen LogP contribution is -2.43. The fourth-order valence-corrected chi connectivity index (χ4v) is 5.03. The zero-order valence-corrected chi connectivity index (χ0v) is 23.4. The van der Waals surface area contributed by atoms with Gasteiger partial charge in [0.1, 0.15) is 17.1 Å². The summed E-state index contributed by atoms with van der Waals surface area (Å²) in [6.45, 7) is 5.68. The third-order valence-electron chi connectivity index (χ3n) is 7.60. The molecule has 3 amide bonds. The maximum absolute atomic E-state index is 14.5. The van der Waals surface area contributed by atoms with Gasteiger partial charge in [0.15, 0.2) is 18.1 Å². The summed E-state index contributed by atoms with van der Waals surface area (Å²) in [5.74, 6) is -2.49. The van der Waals surface area contributed by atoms with Crippen molar-refractivity contribution < 1.29 is 33.4 Å². The quantitative estimate of drug-likeness (QED) is 0.345. The van der Waals surface area contributed by atoms with Crippen LogP contribution in [0.25, 0.3) is 5.65 Å². The van der Waals surface area contributed by atoms with Crippen LogP contribution in [-0.4, -0.2) is 62.6 Å². The first-order valence-electron chi connectivity index (χ1n) is 13.6. The van der Waals surface area contributed by atoms with Crippen LogP contribution in [0.3, 0.4) is 0 Å². The van der Waals surface area contributed by atoms with E-state index in [9.17, 15) is 28.7 Å². The van der Waals surface area contributed by atoms with Gasteiger partial charge in [-0.25, -0.2) is 13.9 Å². The average molecular weight is 579 g/mol. The molecule has 2 aromatic heterocycles. The Balaban J connectivity index is 1.31. The number of benzene rings is 1. The van der Waals surface area contributed by atoms with Crippen LogP contribution < -0.4 is 20.3 Å². The van der Waals surface area contributed by atoms with Gasteiger partial charge in [0.2, 0.25) is 0 Å².